The molecule has 3 fully saturated rings. The highest BCUT2D eigenvalue weighted by Crippen LogP contribution is 2.65. The Morgan fingerprint density at radius 1 is 1.27 bits per heavy atom. The minimum atomic E-state index is -0.760. The van der Waals surface area contributed by atoms with Crippen molar-refractivity contribution in [2.75, 3.05) is 20.1 Å². The Morgan fingerprint density at radius 2 is 2.12 bits per heavy atom. The van der Waals surface area contributed by atoms with Gasteiger partial charge in [-0.15, -0.1) is 0 Å². The van der Waals surface area contributed by atoms with Crippen molar-refractivity contribution in [3.05, 3.63) is 23.3 Å². The number of likely N-dealkylation sites (tertiary alicyclic amines) is 1. The first-order valence-corrected chi connectivity index (χ1v) is 10.2. The zero-order valence-electron chi connectivity index (χ0n) is 15.4. The molecule has 1 spiro atoms. The predicted octanol–water partition coefficient (Wildman–Crippen LogP) is 1.54. The highest BCUT2D eigenvalue weighted by atomic mass is 16.5. The van der Waals surface area contributed by atoms with Gasteiger partial charge in [-0.05, 0) is 69.7 Å². The topological polar surface area (TPSA) is 65.0 Å². The van der Waals surface area contributed by atoms with Crippen molar-refractivity contribution in [2.24, 2.45) is 5.92 Å². The second-order valence-electron chi connectivity index (χ2n) is 9.22. The van der Waals surface area contributed by atoms with Gasteiger partial charge in [0, 0.05) is 24.2 Å². The smallest absolute Gasteiger partial charge is 0.165 e. The van der Waals surface area contributed by atoms with E-state index in [1.165, 1.54) is 18.4 Å². The van der Waals surface area contributed by atoms with E-state index in [9.17, 15) is 10.2 Å². The molecule has 3 aliphatic carbocycles. The van der Waals surface area contributed by atoms with E-state index < -0.39 is 5.60 Å². The van der Waals surface area contributed by atoms with Crippen molar-refractivity contribution in [1.29, 1.82) is 0 Å². The fourth-order valence-electron chi connectivity index (χ4n) is 6.78. The maximum absolute atomic E-state index is 12.2. The Bertz CT molecular complexity index is 779. The fraction of sp³-hybridized carbons (Fsp3) is 0.714. The van der Waals surface area contributed by atoms with E-state index in [1.54, 1.807) is 6.07 Å². The Balaban J connectivity index is 1.55. The average molecular weight is 356 g/mol. The van der Waals surface area contributed by atoms with Crippen LogP contribution in [0, 0.1) is 5.92 Å². The lowest BCUT2D eigenvalue weighted by Gasteiger charge is -2.64. The van der Waals surface area contributed by atoms with Crippen LogP contribution in [0.5, 0.6) is 11.5 Å². The number of nitrogens with zero attached hydrogens (tertiary/aromatic N) is 1. The zero-order valence-corrected chi connectivity index (χ0v) is 15.4. The van der Waals surface area contributed by atoms with Gasteiger partial charge >= 0.3 is 0 Å². The molecule has 0 amide bonds. The summed E-state index contributed by atoms with van der Waals surface area (Å²) in [5.41, 5.74) is 1.25. The maximum Gasteiger partial charge on any atom is 0.165 e. The van der Waals surface area contributed by atoms with Gasteiger partial charge < -0.3 is 20.3 Å². The van der Waals surface area contributed by atoms with Crippen molar-refractivity contribution >= 4 is 0 Å². The second kappa shape index (κ2) is 4.94. The number of phenolic OH excluding ortho intramolecular Hbond substituents is 1. The lowest BCUT2D eigenvalue weighted by Crippen LogP contribution is -2.78. The van der Waals surface area contributed by atoms with Crippen LogP contribution in [0.3, 0.4) is 0 Å². The molecule has 1 aromatic carbocycles. The van der Waals surface area contributed by atoms with Crippen molar-refractivity contribution in [1.82, 2.24) is 10.2 Å². The fourth-order valence-corrected chi connectivity index (χ4v) is 6.78. The normalized spacial score (nSPS) is 43.1. The molecule has 26 heavy (non-hydrogen) atoms. The third kappa shape index (κ3) is 1.68. The summed E-state index contributed by atoms with van der Waals surface area (Å²) in [6.07, 6.45) is 6.09. The molecule has 5 aliphatic rings. The van der Waals surface area contributed by atoms with E-state index in [0.717, 1.165) is 50.3 Å². The molecule has 2 heterocycles. The van der Waals surface area contributed by atoms with Gasteiger partial charge in [-0.2, -0.15) is 0 Å². The molecular formula is C21H28N2O3. The van der Waals surface area contributed by atoms with Crippen LogP contribution < -0.4 is 10.1 Å². The summed E-state index contributed by atoms with van der Waals surface area (Å²) in [6.45, 7) is 2.15. The summed E-state index contributed by atoms with van der Waals surface area (Å²) in [5.74, 6) is 1.69. The Kier molecular flexibility index (Phi) is 2.99. The van der Waals surface area contributed by atoms with E-state index in [2.05, 4.69) is 16.3 Å². The minimum Gasteiger partial charge on any atom is -0.504 e. The number of ether oxygens (including phenoxy) is 1. The van der Waals surface area contributed by atoms with Crippen LogP contribution in [0.4, 0.5) is 0 Å². The van der Waals surface area contributed by atoms with Gasteiger partial charge in [-0.1, -0.05) is 6.07 Å². The molecule has 0 radical (unpaired) electrons. The zero-order chi connectivity index (χ0) is 17.7. The highest BCUT2D eigenvalue weighted by molar-refractivity contribution is 5.62. The predicted molar refractivity (Wildman–Crippen MR) is 97.6 cm³/mol. The lowest BCUT2D eigenvalue weighted by molar-refractivity contribution is -0.191. The summed E-state index contributed by atoms with van der Waals surface area (Å²) in [4.78, 5) is 2.58. The molecule has 3 N–H and O–H groups in total. The van der Waals surface area contributed by atoms with E-state index in [4.69, 9.17) is 4.74 Å². The van der Waals surface area contributed by atoms with Crippen LogP contribution in [0.2, 0.25) is 0 Å². The van der Waals surface area contributed by atoms with Gasteiger partial charge in [-0.25, -0.2) is 0 Å². The van der Waals surface area contributed by atoms with Crippen LogP contribution in [-0.2, 0) is 11.8 Å². The Morgan fingerprint density at radius 3 is 2.88 bits per heavy atom. The highest BCUT2D eigenvalue weighted by Gasteiger charge is 2.72. The summed E-state index contributed by atoms with van der Waals surface area (Å²) in [6, 6.07) is 4.23. The number of benzene rings is 1. The first-order chi connectivity index (χ1) is 12.6. The van der Waals surface area contributed by atoms with Gasteiger partial charge in [-0.3, -0.25) is 4.90 Å². The quantitative estimate of drug-likeness (QED) is 0.767. The molecule has 1 unspecified atom stereocenters. The van der Waals surface area contributed by atoms with Crippen LogP contribution >= 0.6 is 0 Å². The largest absolute Gasteiger partial charge is 0.504 e. The van der Waals surface area contributed by atoms with Crippen LogP contribution in [0.15, 0.2) is 12.1 Å². The number of hydrogen-bond acceptors (Lipinski definition) is 5. The van der Waals surface area contributed by atoms with E-state index >= 15 is 0 Å². The average Bonchev–Trinajstić information content (AvgIpc) is 3.37. The first kappa shape index (κ1) is 15.7. The maximum atomic E-state index is 12.2. The molecule has 5 nitrogen and oxygen atoms in total. The van der Waals surface area contributed by atoms with Crippen LogP contribution in [0.1, 0.15) is 43.2 Å². The van der Waals surface area contributed by atoms with Gasteiger partial charge in [0.25, 0.3) is 0 Å². The number of aliphatic hydroxyl groups is 1. The lowest BCUT2D eigenvalue weighted by atomic mass is 9.48. The third-order valence-electron chi connectivity index (χ3n) is 8.13. The number of aromatic hydroxyl groups is 1. The van der Waals surface area contributed by atoms with Gasteiger partial charge in [0.05, 0.1) is 11.0 Å². The molecule has 5 heteroatoms. The SMILES string of the molecule is CN[C@H]1CC[C@@]2(O)[C@H]3Cc4ccc(O)c5c4C2(CCN3CC2CC2)[C@H]1O5. The van der Waals surface area contributed by atoms with E-state index in [1.807, 2.05) is 7.05 Å². The molecule has 2 saturated carbocycles. The molecule has 6 rings (SSSR count). The monoisotopic (exact) mass is 356 g/mol. The minimum absolute atomic E-state index is 0.0980. The van der Waals surface area contributed by atoms with Crippen LogP contribution in [-0.4, -0.2) is 59.0 Å². The van der Waals surface area contributed by atoms with Crippen LogP contribution in [0.25, 0.3) is 0 Å². The van der Waals surface area contributed by atoms with Crippen molar-refractivity contribution < 1.29 is 14.9 Å². The van der Waals surface area contributed by atoms with E-state index in [0.29, 0.717) is 5.75 Å². The standard InChI is InChI=1S/C21H28N2O3/c1-22-14-6-7-21(25)16-10-13-4-5-15(24)18-17(13)20(21,19(14)26-18)8-9-23(16)11-12-2-3-12/h4-5,12,14,16,19,22,24-25H,2-3,6-11H2,1H3/t14-,16+,19-,20?,21+/m0/s1. The Labute approximate surface area is 154 Å². The van der Waals surface area contributed by atoms with Crippen molar-refractivity contribution in [2.45, 2.75) is 67.7 Å². The van der Waals surface area contributed by atoms with Gasteiger partial charge in [0.1, 0.15) is 6.10 Å². The summed E-state index contributed by atoms with van der Waals surface area (Å²) < 4.78 is 6.42. The molecular weight excluding hydrogens is 328 g/mol. The number of hydrogen-bond donors (Lipinski definition) is 3. The summed E-state index contributed by atoms with van der Waals surface area (Å²) in [5, 5.41) is 26.1. The van der Waals surface area contributed by atoms with Crippen molar-refractivity contribution in [3.8, 4) is 11.5 Å². The van der Waals surface area contributed by atoms with Gasteiger partial charge in [0.15, 0.2) is 11.5 Å². The number of phenols is 1. The number of nitrogens with one attached hydrogen (secondary N) is 1. The molecule has 2 aliphatic heterocycles. The summed E-state index contributed by atoms with van der Waals surface area (Å²) in [7, 11) is 1.99. The number of rotatable bonds is 3. The second-order valence-corrected chi connectivity index (χ2v) is 9.22. The summed E-state index contributed by atoms with van der Waals surface area (Å²) >= 11 is 0. The van der Waals surface area contributed by atoms with E-state index in [-0.39, 0.29) is 29.4 Å². The molecule has 5 atom stereocenters. The van der Waals surface area contributed by atoms with Gasteiger partial charge in [0.2, 0.25) is 0 Å². The molecule has 0 aromatic heterocycles. The third-order valence-corrected chi connectivity index (χ3v) is 8.13. The molecule has 140 valence electrons. The Hall–Kier alpha value is -1.30. The number of likely N-dealkylation sites (N-methyl/N-ethyl adjacent to an activating group) is 1. The van der Waals surface area contributed by atoms with Crippen molar-refractivity contribution in [3.63, 3.8) is 0 Å². The molecule has 2 bridgehead atoms. The molecule has 1 saturated heterocycles. The number of piperidine rings is 1. The first-order valence-electron chi connectivity index (χ1n) is 10.2. The molecule has 1 aromatic rings.